The standard InChI is InChI=1S/C15H13ClFN3O2/c1-9(12-5-4-10(17)7-13(12)16)19-14(21)15(22)20-11-3-2-6-18-8-11/h2-9H,1H3,(H,19,21)(H,20,22). The maximum Gasteiger partial charge on any atom is 0.313 e. The van der Waals surface area contributed by atoms with Crippen molar-refractivity contribution in [3.63, 3.8) is 0 Å². The Balaban J connectivity index is 2.00. The Morgan fingerprint density at radius 3 is 2.68 bits per heavy atom. The van der Waals surface area contributed by atoms with Crippen LogP contribution in [0.2, 0.25) is 5.02 Å². The Bertz CT molecular complexity index is 694. The van der Waals surface area contributed by atoms with E-state index in [1.807, 2.05) is 0 Å². The fraction of sp³-hybridized carbons (Fsp3) is 0.133. The van der Waals surface area contributed by atoms with Crippen molar-refractivity contribution in [2.45, 2.75) is 13.0 Å². The zero-order valence-electron chi connectivity index (χ0n) is 11.6. The first-order valence-corrected chi connectivity index (χ1v) is 6.82. The smallest absolute Gasteiger partial charge is 0.313 e. The molecule has 1 aromatic heterocycles. The van der Waals surface area contributed by atoms with Crippen molar-refractivity contribution in [1.29, 1.82) is 0 Å². The van der Waals surface area contributed by atoms with E-state index in [1.165, 1.54) is 18.3 Å². The molecule has 2 aromatic rings. The number of nitrogens with one attached hydrogen (secondary N) is 2. The molecule has 0 saturated carbocycles. The fourth-order valence-corrected chi connectivity index (χ4v) is 2.15. The second-order valence-electron chi connectivity index (χ2n) is 4.56. The number of halogens is 2. The van der Waals surface area contributed by atoms with Gasteiger partial charge < -0.3 is 10.6 Å². The summed E-state index contributed by atoms with van der Waals surface area (Å²) in [5, 5.41) is 5.09. The first kappa shape index (κ1) is 15.9. The topological polar surface area (TPSA) is 71.1 Å². The monoisotopic (exact) mass is 321 g/mol. The van der Waals surface area contributed by atoms with E-state index in [-0.39, 0.29) is 5.02 Å². The minimum Gasteiger partial charge on any atom is -0.341 e. The van der Waals surface area contributed by atoms with Crippen LogP contribution in [0.3, 0.4) is 0 Å². The van der Waals surface area contributed by atoms with Gasteiger partial charge in [-0.1, -0.05) is 17.7 Å². The van der Waals surface area contributed by atoms with Gasteiger partial charge in [0.15, 0.2) is 0 Å². The third-order valence-corrected chi connectivity index (χ3v) is 3.23. The molecule has 5 nitrogen and oxygen atoms in total. The average Bonchev–Trinajstić information content (AvgIpc) is 2.47. The summed E-state index contributed by atoms with van der Waals surface area (Å²) < 4.78 is 13.0. The Morgan fingerprint density at radius 2 is 2.05 bits per heavy atom. The fourth-order valence-electron chi connectivity index (χ4n) is 1.82. The van der Waals surface area contributed by atoms with Gasteiger partial charge in [0.2, 0.25) is 0 Å². The molecule has 0 aliphatic heterocycles. The molecule has 0 aliphatic carbocycles. The van der Waals surface area contributed by atoms with Crippen LogP contribution in [0.5, 0.6) is 0 Å². The molecule has 22 heavy (non-hydrogen) atoms. The number of hydrogen-bond acceptors (Lipinski definition) is 3. The molecule has 1 aromatic carbocycles. The van der Waals surface area contributed by atoms with Gasteiger partial charge in [0.05, 0.1) is 17.9 Å². The molecule has 0 spiro atoms. The summed E-state index contributed by atoms with van der Waals surface area (Å²) in [5.74, 6) is -2.11. The molecule has 0 fully saturated rings. The lowest BCUT2D eigenvalue weighted by molar-refractivity contribution is -0.136. The number of benzene rings is 1. The van der Waals surface area contributed by atoms with Crippen LogP contribution in [0.15, 0.2) is 42.7 Å². The average molecular weight is 322 g/mol. The largest absolute Gasteiger partial charge is 0.341 e. The zero-order valence-corrected chi connectivity index (χ0v) is 12.4. The van der Waals surface area contributed by atoms with Crippen LogP contribution >= 0.6 is 11.6 Å². The summed E-state index contributed by atoms with van der Waals surface area (Å²) in [7, 11) is 0. The SMILES string of the molecule is CC(NC(=O)C(=O)Nc1cccnc1)c1ccc(F)cc1Cl. The molecule has 0 saturated heterocycles. The normalized spacial score (nSPS) is 11.6. The van der Waals surface area contributed by atoms with Crippen molar-refractivity contribution >= 4 is 29.1 Å². The van der Waals surface area contributed by atoms with Crippen LogP contribution in [-0.4, -0.2) is 16.8 Å². The predicted molar refractivity (Wildman–Crippen MR) is 80.8 cm³/mol. The highest BCUT2D eigenvalue weighted by atomic mass is 35.5. The van der Waals surface area contributed by atoms with Crippen molar-refractivity contribution in [2.75, 3.05) is 5.32 Å². The molecule has 0 bridgehead atoms. The van der Waals surface area contributed by atoms with E-state index >= 15 is 0 Å². The van der Waals surface area contributed by atoms with E-state index in [1.54, 1.807) is 25.3 Å². The van der Waals surface area contributed by atoms with Gasteiger partial charge in [-0.2, -0.15) is 0 Å². The summed E-state index contributed by atoms with van der Waals surface area (Å²) in [4.78, 5) is 27.4. The Kier molecular flexibility index (Phi) is 5.06. The van der Waals surface area contributed by atoms with Gasteiger partial charge in [0.25, 0.3) is 0 Å². The summed E-state index contributed by atoms with van der Waals surface area (Å²) >= 11 is 5.92. The van der Waals surface area contributed by atoms with Crippen molar-refractivity contribution in [2.24, 2.45) is 0 Å². The third-order valence-electron chi connectivity index (χ3n) is 2.90. The molecule has 0 aliphatic rings. The van der Waals surface area contributed by atoms with Crippen LogP contribution < -0.4 is 10.6 Å². The number of aromatic nitrogens is 1. The van der Waals surface area contributed by atoms with Gasteiger partial charge in [-0.15, -0.1) is 0 Å². The van der Waals surface area contributed by atoms with Crippen LogP contribution in [0.4, 0.5) is 10.1 Å². The Hall–Kier alpha value is -2.47. The van der Waals surface area contributed by atoms with Gasteiger partial charge in [0.1, 0.15) is 5.82 Å². The quantitative estimate of drug-likeness (QED) is 0.854. The first-order chi connectivity index (χ1) is 10.5. The van der Waals surface area contributed by atoms with E-state index in [9.17, 15) is 14.0 Å². The lowest BCUT2D eigenvalue weighted by atomic mass is 10.1. The number of anilines is 1. The van der Waals surface area contributed by atoms with Gasteiger partial charge in [-0.05, 0) is 36.8 Å². The highest BCUT2D eigenvalue weighted by Gasteiger charge is 2.18. The van der Waals surface area contributed by atoms with Crippen LogP contribution in [0, 0.1) is 5.82 Å². The maximum absolute atomic E-state index is 13.0. The number of carbonyl (C=O) groups excluding carboxylic acids is 2. The van der Waals surface area contributed by atoms with E-state index in [4.69, 9.17) is 11.6 Å². The van der Waals surface area contributed by atoms with Crippen LogP contribution in [-0.2, 0) is 9.59 Å². The molecule has 7 heteroatoms. The molecule has 0 radical (unpaired) electrons. The summed E-state index contributed by atoms with van der Waals surface area (Å²) in [6.07, 6.45) is 2.97. The Labute approximate surface area is 131 Å². The third kappa shape index (κ3) is 4.02. The number of pyridine rings is 1. The summed E-state index contributed by atoms with van der Waals surface area (Å²) in [6, 6.07) is 6.55. The molecule has 1 heterocycles. The molecular weight excluding hydrogens is 309 g/mol. The van der Waals surface area contributed by atoms with Crippen molar-refractivity contribution in [1.82, 2.24) is 10.3 Å². The van der Waals surface area contributed by atoms with E-state index in [0.29, 0.717) is 11.3 Å². The number of amides is 2. The van der Waals surface area contributed by atoms with E-state index < -0.39 is 23.7 Å². The maximum atomic E-state index is 13.0. The van der Waals surface area contributed by atoms with Gasteiger partial charge in [-0.25, -0.2) is 4.39 Å². The molecular formula is C15H13ClFN3O2. The minimum absolute atomic E-state index is 0.181. The number of rotatable bonds is 3. The first-order valence-electron chi connectivity index (χ1n) is 6.44. The molecule has 1 atom stereocenters. The second-order valence-corrected chi connectivity index (χ2v) is 4.96. The predicted octanol–water partition coefficient (Wildman–Crippen LogP) is 2.69. The Morgan fingerprint density at radius 1 is 1.27 bits per heavy atom. The lowest BCUT2D eigenvalue weighted by Crippen LogP contribution is -2.37. The van der Waals surface area contributed by atoms with E-state index in [0.717, 1.165) is 6.07 Å². The molecule has 1 unspecified atom stereocenters. The van der Waals surface area contributed by atoms with Crippen LogP contribution in [0.25, 0.3) is 0 Å². The highest BCUT2D eigenvalue weighted by Crippen LogP contribution is 2.23. The number of hydrogen-bond donors (Lipinski definition) is 2. The van der Waals surface area contributed by atoms with Crippen LogP contribution in [0.1, 0.15) is 18.5 Å². The molecule has 114 valence electrons. The molecule has 2 N–H and O–H groups in total. The van der Waals surface area contributed by atoms with Crippen molar-refractivity contribution in [3.8, 4) is 0 Å². The van der Waals surface area contributed by atoms with Gasteiger partial charge in [0, 0.05) is 11.2 Å². The highest BCUT2D eigenvalue weighted by molar-refractivity contribution is 6.39. The van der Waals surface area contributed by atoms with Crippen molar-refractivity contribution < 1.29 is 14.0 Å². The van der Waals surface area contributed by atoms with E-state index in [2.05, 4.69) is 15.6 Å². The van der Waals surface area contributed by atoms with Gasteiger partial charge in [-0.3, -0.25) is 14.6 Å². The van der Waals surface area contributed by atoms with Gasteiger partial charge >= 0.3 is 11.8 Å². The summed E-state index contributed by atoms with van der Waals surface area (Å²) in [6.45, 7) is 1.65. The van der Waals surface area contributed by atoms with Crippen molar-refractivity contribution in [3.05, 3.63) is 59.1 Å². The second kappa shape index (κ2) is 7.00. The number of carbonyl (C=O) groups is 2. The molecule has 2 rings (SSSR count). The number of nitrogens with zero attached hydrogens (tertiary/aromatic N) is 1. The lowest BCUT2D eigenvalue weighted by Gasteiger charge is -2.15. The summed E-state index contributed by atoms with van der Waals surface area (Å²) in [5.41, 5.74) is 0.931. The minimum atomic E-state index is -0.822. The zero-order chi connectivity index (χ0) is 16.1. The molecule has 2 amide bonds.